The predicted molar refractivity (Wildman–Crippen MR) is 129 cm³/mol. The van der Waals surface area contributed by atoms with Gasteiger partial charge in [0.15, 0.2) is 11.9 Å². The number of nitro groups is 1. The third-order valence-corrected chi connectivity index (χ3v) is 6.56. The zero-order valence-electron chi connectivity index (χ0n) is 17.9. The summed E-state index contributed by atoms with van der Waals surface area (Å²) in [6.07, 6.45) is 0.601. The molecule has 3 aromatic carbocycles. The van der Waals surface area contributed by atoms with Gasteiger partial charge in [0.2, 0.25) is 0 Å². The number of rotatable bonds is 7. The standard InChI is InChI=1S/C24H19ClN4O4S/c25-19-6-8-20(9-7-19)28-22(10-16-4-2-1-3-5-16)26-27-24(28)34-14-18-12-21(29(30)31)11-17-13-32-15-33-23(17)18/h1-9,11-12H,10,13-15H2. The fourth-order valence-electron chi connectivity index (χ4n) is 3.77. The van der Waals surface area contributed by atoms with Crippen LogP contribution in [-0.4, -0.2) is 26.5 Å². The van der Waals surface area contributed by atoms with Crippen molar-refractivity contribution in [2.75, 3.05) is 6.79 Å². The molecule has 2 heterocycles. The van der Waals surface area contributed by atoms with Gasteiger partial charge in [0, 0.05) is 46.1 Å². The van der Waals surface area contributed by atoms with Crippen LogP contribution >= 0.6 is 23.4 Å². The number of nitrogens with zero attached hydrogens (tertiary/aromatic N) is 4. The molecule has 0 spiro atoms. The first-order valence-corrected chi connectivity index (χ1v) is 11.8. The summed E-state index contributed by atoms with van der Waals surface area (Å²) in [5, 5.41) is 21.6. The summed E-state index contributed by atoms with van der Waals surface area (Å²) in [5.41, 5.74) is 3.39. The lowest BCUT2D eigenvalue weighted by molar-refractivity contribution is -0.385. The van der Waals surface area contributed by atoms with Gasteiger partial charge >= 0.3 is 0 Å². The maximum Gasteiger partial charge on any atom is 0.270 e. The zero-order chi connectivity index (χ0) is 23.5. The number of ether oxygens (including phenoxy) is 2. The van der Waals surface area contributed by atoms with Crippen LogP contribution in [-0.2, 0) is 23.5 Å². The third-order valence-electron chi connectivity index (χ3n) is 5.33. The minimum atomic E-state index is -0.406. The summed E-state index contributed by atoms with van der Waals surface area (Å²) in [5.74, 6) is 1.83. The molecule has 0 bridgehead atoms. The Labute approximate surface area is 204 Å². The van der Waals surface area contributed by atoms with E-state index in [1.807, 2.05) is 59.2 Å². The highest BCUT2D eigenvalue weighted by Crippen LogP contribution is 2.36. The summed E-state index contributed by atoms with van der Waals surface area (Å²) in [4.78, 5) is 11.0. The molecule has 34 heavy (non-hydrogen) atoms. The van der Waals surface area contributed by atoms with Crippen molar-refractivity contribution in [1.82, 2.24) is 14.8 Å². The van der Waals surface area contributed by atoms with Gasteiger partial charge in [-0.25, -0.2) is 0 Å². The highest BCUT2D eigenvalue weighted by atomic mass is 35.5. The smallest absolute Gasteiger partial charge is 0.270 e. The SMILES string of the molecule is O=[N+]([O-])c1cc2c(c(CSc3nnc(Cc4ccccc4)n3-c3ccc(Cl)cc3)c1)OCOC2. The van der Waals surface area contributed by atoms with Crippen LogP contribution in [0.4, 0.5) is 5.69 Å². The number of nitro benzene ring substituents is 1. The highest BCUT2D eigenvalue weighted by molar-refractivity contribution is 7.98. The average Bonchev–Trinajstić information content (AvgIpc) is 3.25. The van der Waals surface area contributed by atoms with Gasteiger partial charge in [-0.2, -0.15) is 0 Å². The van der Waals surface area contributed by atoms with Crippen LogP contribution in [0.25, 0.3) is 5.69 Å². The molecule has 0 fully saturated rings. The topological polar surface area (TPSA) is 92.3 Å². The van der Waals surface area contributed by atoms with Gasteiger partial charge in [0.1, 0.15) is 11.6 Å². The first-order chi connectivity index (χ1) is 16.6. The molecule has 1 aliphatic heterocycles. The molecule has 10 heteroatoms. The number of benzene rings is 3. The Morgan fingerprint density at radius 1 is 1.09 bits per heavy atom. The normalized spacial score (nSPS) is 12.7. The van der Waals surface area contributed by atoms with Crippen LogP contribution in [0.5, 0.6) is 5.75 Å². The largest absolute Gasteiger partial charge is 0.467 e. The second kappa shape index (κ2) is 9.84. The lowest BCUT2D eigenvalue weighted by Crippen LogP contribution is -2.13. The van der Waals surface area contributed by atoms with Crippen LogP contribution in [0, 0.1) is 10.1 Å². The molecule has 5 rings (SSSR count). The van der Waals surface area contributed by atoms with E-state index in [1.54, 1.807) is 6.07 Å². The van der Waals surface area contributed by atoms with Crippen LogP contribution in [0.15, 0.2) is 71.9 Å². The molecule has 0 aliphatic carbocycles. The molecule has 0 unspecified atom stereocenters. The fraction of sp³-hybridized carbons (Fsp3) is 0.167. The summed E-state index contributed by atoms with van der Waals surface area (Å²) >= 11 is 7.54. The minimum absolute atomic E-state index is 0.00684. The number of hydrogen-bond acceptors (Lipinski definition) is 7. The van der Waals surface area contributed by atoms with Crippen molar-refractivity contribution in [3.63, 3.8) is 0 Å². The minimum Gasteiger partial charge on any atom is -0.467 e. The van der Waals surface area contributed by atoms with Crippen molar-refractivity contribution in [1.29, 1.82) is 0 Å². The molecule has 0 saturated heterocycles. The van der Waals surface area contributed by atoms with E-state index in [1.165, 1.54) is 17.8 Å². The van der Waals surface area contributed by atoms with E-state index in [9.17, 15) is 10.1 Å². The van der Waals surface area contributed by atoms with Crippen molar-refractivity contribution in [3.8, 4) is 11.4 Å². The number of hydrogen-bond donors (Lipinski definition) is 0. The molecule has 0 saturated carbocycles. The second-order valence-electron chi connectivity index (χ2n) is 7.62. The lowest BCUT2D eigenvalue weighted by atomic mass is 10.1. The quantitative estimate of drug-likeness (QED) is 0.188. The number of thioether (sulfide) groups is 1. The van der Waals surface area contributed by atoms with Crippen molar-refractivity contribution >= 4 is 29.1 Å². The van der Waals surface area contributed by atoms with Crippen LogP contribution in [0.3, 0.4) is 0 Å². The number of non-ortho nitro benzene ring substituents is 1. The van der Waals surface area contributed by atoms with Gasteiger partial charge in [-0.1, -0.05) is 53.7 Å². The summed E-state index contributed by atoms with van der Waals surface area (Å²) < 4.78 is 13.0. The first kappa shape index (κ1) is 22.4. The summed E-state index contributed by atoms with van der Waals surface area (Å²) in [6, 6.07) is 20.6. The van der Waals surface area contributed by atoms with E-state index < -0.39 is 4.92 Å². The second-order valence-corrected chi connectivity index (χ2v) is 9.00. The Morgan fingerprint density at radius 2 is 1.88 bits per heavy atom. The van der Waals surface area contributed by atoms with E-state index >= 15 is 0 Å². The van der Waals surface area contributed by atoms with Gasteiger partial charge in [0.25, 0.3) is 5.69 Å². The molecule has 0 atom stereocenters. The number of aromatic nitrogens is 3. The monoisotopic (exact) mass is 494 g/mol. The molecular weight excluding hydrogens is 476 g/mol. The lowest BCUT2D eigenvalue weighted by Gasteiger charge is -2.20. The molecule has 4 aromatic rings. The van der Waals surface area contributed by atoms with Crippen LogP contribution < -0.4 is 4.74 Å². The average molecular weight is 495 g/mol. The molecule has 172 valence electrons. The van der Waals surface area contributed by atoms with E-state index in [0.29, 0.717) is 39.2 Å². The van der Waals surface area contributed by atoms with E-state index in [-0.39, 0.29) is 19.1 Å². The molecule has 1 aromatic heterocycles. The Balaban J connectivity index is 1.49. The Morgan fingerprint density at radius 3 is 2.65 bits per heavy atom. The Hall–Kier alpha value is -3.40. The Bertz CT molecular complexity index is 1330. The first-order valence-electron chi connectivity index (χ1n) is 10.5. The maximum atomic E-state index is 11.4. The summed E-state index contributed by atoms with van der Waals surface area (Å²) in [6.45, 7) is 0.390. The van der Waals surface area contributed by atoms with Crippen LogP contribution in [0.1, 0.15) is 22.5 Å². The molecule has 0 N–H and O–H groups in total. The molecule has 0 amide bonds. The van der Waals surface area contributed by atoms with Gasteiger partial charge in [-0.3, -0.25) is 14.7 Å². The van der Waals surface area contributed by atoms with Gasteiger partial charge in [0.05, 0.1) is 11.5 Å². The van der Waals surface area contributed by atoms with Crippen LogP contribution in [0.2, 0.25) is 5.02 Å². The molecule has 8 nitrogen and oxygen atoms in total. The molecule has 0 radical (unpaired) electrons. The van der Waals surface area contributed by atoms with Crippen molar-refractivity contribution in [3.05, 3.63) is 104 Å². The van der Waals surface area contributed by atoms with E-state index in [4.69, 9.17) is 21.1 Å². The predicted octanol–water partition coefficient (Wildman–Crippen LogP) is 5.58. The zero-order valence-corrected chi connectivity index (χ0v) is 19.5. The van der Waals surface area contributed by atoms with Crippen molar-refractivity contribution in [2.24, 2.45) is 0 Å². The number of halogens is 1. The summed E-state index contributed by atoms with van der Waals surface area (Å²) in [7, 11) is 0. The fourth-order valence-corrected chi connectivity index (χ4v) is 4.84. The van der Waals surface area contributed by atoms with E-state index in [2.05, 4.69) is 10.2 Å². The third kappa shape index (κ3) is 4.77. The van der Waals surface area contributed by atoms with Crippen molar-refractivity contribution < 1.29 is 14.4 Å². The van der Waals surface area contributed by atoms with Crippen molar-refractivity contribution in [2.45, 2.75) is 23.9 Å². The highest BCUT2D eigenvalue weighted by Gasteiger charge is 2.22. The van der Waals surface area contributed by atoms with Gasteiger partial charge in [-0.15, -0.1) is 10.2 Å². The Kier molecular flexibility index (Phi) is 6.48. The molecular formula is C24H19ClN4O4S. The van der Waals surface area contributed by atoms with Gasteiger partial charge in [-0.05, 0) is 29.8 Å². The maximum absolute atomic E-state index is 11.4. The number of fused-ring (bicyclic) bond motifs is 1. The molecule has 1 aliphatic rings. The van der Waals surface area contributed by atoms with Gasteiger partial charge < -0.3 is 9.47 Å². The van der Waals surface area contributed by atoms with E-state index in [0.717, 1.165) is 17.1 Å².